The van der Waals surface area contributed by atoms with Crippen LogP contribution in [0.2, 0.25) is 0 Å². The SMILES string of the molecule is CCOP(=O)(Cc1ccc2sc(C(=O)O)cc2c1)OCC. The molecule has 2 aromatic rings. The molecule has 114 valence electrons. The maximum atomic E-state index is 12.5. The molecule has 1 heterocycles. The Hall–Kier alpha value is -1.20. The van der Waals surface area contributed by atoms with Crippen LogP contribution in [0.3, 0.4) is 0 Å². The molecule has 5 nitrogen and oxygen atoms in total. The number of benzene rings is 1. The van der Waals surface area contributed by atoms with Gasteiger partial charge in [-0.15, -0.1) is 11.3 Å². The van der Waals surface area contributed by atoms with E-state index >= 15 is 0 Å². The van der Waals surface area contributed by atoms with Gasteiger partial charge in [-0.2, -0.15) is 0 Å². The van der Waals surface area contributed by atoms with Crippen LogP contribution in [0.1, 0.15) is 29.1 Å². The predicted molar refractivity (Wildman–Crippen MR) is 83.3 cm³/mol. The van der Waals surface area contributed by atoms with Crippen molar-refractivity contribution >= 4 is 35.0 Å². The molecule has 0 saturated carbocycles. The van der Waals surface area contributed by atoms with Gasteiger partial charge in [0.25, 0.3) is 0 Å². The zero-order valence-corrected chi connectivity index (χ0v) is 13.6. The normalized spacial score (nSPS) is 11.9. The molecule has 2 rings (SSSR count). The first-order chi connectivity index (χ1) is 9.97. The van der Waals surface area contributed by atoms with Crippen LogP contribution in [-0.4, -0.2) is 24.3 Å². The maximum Gasteiger partial charge on any atom is 0.345 e. The summed E-state index contributed by atoms with van der Waals surface area (Å²) in [6, 6.07) is 7.13. The number of carboxylic acid groups (broad SMARTS) is 1. The van der Waals surface area contributed by atoms with E-state index in [4.69, 9.17) is 14.2 Å². The van der Waals surface area contributed by atoms with Crippen LogP contribution in [0, 0.1) is 0 Å². The lowest BCUT2D eigenvalue weighted by Gasteiger charge is -2.16. The predicted octanol–water partition coefficient (Wildman–Crippen LogP) is 4.37. The Morgan fingerprint density at radius 1 is 1.24 bits per heavy atom. The van der Waals surface area contributed by atoms with Gasteiger partial charge in [0.1, 0.15) is 4.88 Å². The third-order valence-electron chi connectivity index (χ3n) is 2.82. The van der Waals surface area contributed by atoms with E-state index in [1.165, 1.54) is 11.3 Å². The van der Waals surface area contributed by atoms with E-state index in [-0.39, 0.29) is 6.16 Å². The fourth-order valence-electron chi connectivity index (χ4n) is 2.04. The second kappa shape index (κ2) is 6.71. The average molecular weight is 328 g/mol. The fourth-order valence-corrected chi connectivity index (χ4v) is 4.61. The molecule has 0 amide bonds. The van der Waals surface area contributed by atoms with Crippen molar-refractivity contribution in [1.82, 2.24) is 0 Å². The first kappa shape index (κ1) is 16.2. The largest absolute Gasteiger partial charge is 0.477 e. The highest BCUT2D eigenvalue weighted by Gasteiger charge is 2.24. The van der Waals surface area contributed by atoms with Crippen LogP contribution in [0.4, 0.5) is 0 Å². The third kappa shape index (κ3) is 3.92. The van der Waals surface area contributed by atoms with Crippen molar-refractivity contribution in [3.8, 4) is 0 Å². The molecule has 0 fully saturated rings. The molecule has 0 unspecified atom stereocenters. The van der Waals surface area contributed by atoms with Crippen molar-refractivity contribution in [3.05, 3.63) is 34.7 Å². The topological polar surface area (TPSA) is 72.8 Å². The second-order valence-electron chi connectivity index (χ2n) is 4.39. The number of thiophene rings is 1. The number of hydrogen-bond donors (Lipinski definition) is 1. The van der Waals surface area contributed by atoms with Gasteiger partial charge >= 0.3 is 13.6 Å². The number of fused-ring (bicyclic) bond motifs is 1. The minimum absolute atomic E-state index is 0.183. The van der Waals surface area contributed by atoms with Crippen LogP contribution < -0.4 is 0 Å². The van der Waals surface area contributed by atoms with E-state index in [2.05, 4.69) is 0 Å². The first-order valence-corrected chi connectivity index (χ1v) is 9.15. The van der Waals surface area contributed by atoms with E-state index in [0.29, 0.717) is 18.1 Å². The molecule has 0 aliphatic heterocycles. The van der Waals surface area contributed by atoms with Gasteiger partial charge in [0.2, 0.25) is 0 Å². The van der Waals surface area contributed by atoms with Gasteiger partial charge in [0.15, 0.2) is 0 Å². The van der Waals surface area contributed by atoms with Gasteiger partial charge < -0.3 is 14.2 Å². The van der Waals surface area contributed by atoms with Gasteiger partial charge in [0.05, 0.1) is 19.4 Å². The molecule has 0 atom stereocenters. The Kier molecular flexibility index (Phi) is 5.17. The molecule has 0 saturated heterocycles. The van der Waals surface area contributed by atoms with Crippen LogP contribution in [-0.2, 0) is 19.8 Å². The number of carbonyl (C=O) groups is 1. The van der Waals surface area contributed by atoms with Crippen molar-refractivity contribution in [2.75, 3.05) is 13.2 Å². The zero-order chi connectivity index (χ0) is 15.5. The minimum Gasteiger partial charge on any atom is -0.477 e. The molecule has 1 N–H and O–H groups in total. The second-order valence-corrected chi connectivity index (χ2v) is 7.53. The Bertz CT molecular complexity index is 684. The van der Waals surface area contributed by atoms with Crippen molar-refractivity contribution in [1.29, 1.82) is 0 Å². The van der Waals surface area contributed by atoms with E-state index in [1.807, 2.05) is 18.2 Å². The lowest BCUT2D eigenvalue weighted by atomic mass is 10.2. The molecular formula is C14H17O5PS. The van der Waals surface area contributed by atoms with Crippen LogP contribution in [0.15, 0.2) is 24.3 Å². The standard InChI is InChI=1S/C14H17O5PS/c1-3-18-20(17,19-4-2)9-10-5-6-12-11(7-10)8-13(21-12)14(15)16/h5-8H,3-4,9H2,1-2H3,(H,15,16). The Balaban J connectivity index is 2.29. The van der Waals surface area contributed by atoms with E-state index in [1.54, 1.807) is 19.9 Å². The Labute approximate surface area is 127 Å². The highest BCUT2D eigenvalue weighted by Crippen LogP contribution is 2.51. The molecule has 0 aliphatic carbocycles. The summed E-state index contributed by atoms with van der Waals surface area (Å²) in [6.45, 7) is 4.18. The first-order valence-electron chi connectivity index (χ1n) is 6.61. The van der Waals surface area contributed by atoms with Crippen LogP contribution >= 0.6 is 18.9 Å². The van der Waals surface area contributed by atoms with Crippen molar-refractivity contribution in [3.63, 3.8) is 0 Å². The summed E-state index contributed by atoms with van der Waals surface area (Å²) in [5, 5.41) is 9.84. The van der Waals surface area contributed by atoms with E-state index in [0.717, 1.165) is 15.6 Å². The van der Waals surface area contributed by atoms with Crippen LogP contribution in [0.5, 0.6) is 0 Å². The van der Waals surface area contributed by atoms with Gasteiger partial charge in [-0.25, -0.2) is 4.79 Å². The minimum atomic E-state index is -3.14. The molecule has 0 spiro atoms. The van der Waals surface area contributed by atoms with E-state index in [9.17, 15) is 9.36 Å². The van der Waals surface area contributed by atoms with Gasteiger partial charge in [-0.3, -0.25) is 4.57 Å². The molecule has 1 aromatic carbocycles. The average Bonchev–Trinajstić information content (AvgIpc) is 2.82. The summed E-state index contributed by atoms with van der Waals surface area (Å²) in [7, 11) is -3.14. The summed E-state index contributed by atoms with van der Waals surface area (Å²) in [5.41, 5.74) is 0.808. The van der Waals surface area contributed by atoms with Gasteiger partial charge in [-0.05, 0) is 43.0 Å². The Morgan fingerprint density at radius 3 is 2.48 bits per heavy atom. The number of aromatic carboxylic acids is 1. The number of carboxylic acids is 1. The van der Waals surface area contributed by atoms with Crippen molar-refractivity contribution in [2.24, 2.45) is 0 Å². The molecule has 0 radical (unpaired) electrons. The quantitative estimate of drug-likeness (QED) is 0.764. The summed E-state index contributed by atoms with van der Waals surface area (Å²) in [5.74, 6) is -0.938. The van der Waals surface area contributed by atoms with Crippen molar-refractivity contribution in [2.45, 2.75) is 20.0 Å². The summed E-state index contributed by atoms with van der Waals surface area (Å²) in [4.78, 5) is 11.3. The smallest absolute Gasteiger partial charge is 0.345 e. The van der Waals surface area contributed by atoms with E-state index < -0.39 is 13.6 Å². The molecular weight excluding hydrogens is 311 g/mol. The van der Waals surface area contributed by atoms with Crippen molar-refractivity contribution < 1.29 is 23.5 Å². The maximum absolute atomic E-state index is 12.5. The highest BCUT2D eigenvalue weighted by atomic mass is 32.1. The molecule has 21 heavy (non-hydrogen) atoms. The summed E-state index contributed by atoms with van der Waals surface area (Å²) >= 11 is 1.22. The van der Waals surface area contributed by atoms with Gasteiger partial charge in [-0.1, -0.05) is 6.07 Å². The number of rotatable bonds is 7. The highest BCUT2D eigenvalue weighted by molar-refractivity contribution is 7.53. The number of hydrogen-bond acceptors (Lipinski definition) is 5. The monoisotopic (exact) mass is 328 g/mol. The van der Waals surface area contributed by atoms with Crippen LogP contribution in [0.25, 0.3) is 10.1 Å². The zero-order valence-electron chi connectivity index (χ0n) is 11.9. The third-order valence-corrected chi connectivity index (χ3v) is 5.98. The van der Waals surface area contributed by atoms with Gasteiger partial charge in [0, 0.05) is 4.70 Å². The molecule has 7 heteroatoms. The molecule has 1 aromatic heterocycles. The lowest BCUT2D eigenvalue weighted by Crippen LogP contribution is -1.98. The lowest BCUT2D eigenvalue weighted by molar-refractivity contribution is 0.0702. The molecule has 0 bridgehead atoms. The fraction of sp³-hybridized carbons (Fsp3) is 0.357. The Morgan fingerprint density at radius 2 is 1.90 bits per heavy atom. The summed E-state index contributed by atoms with van der Waals surface area (Å²) in [6.07, 6.45) is 0.183. The summed E-state index contributed by atoms with van der Waals surface area (Å²) < 4.78 is 23.9. The molecule has 0 aliphatic rings.